The van der Waals surface area contributed by atoms with Gasteiger partial charge in [-0.2, -0.15) is 39.5 Å². The molecule has 22 heavy (non-hydrogen) atoms. The minimum Gasteiger partial charge on any atom is -0.478 e. The van der Waals surface area contributed by atoms with Crippen molar-refractivity contribution in [2.75, 3.05) is 0 Å². The molecule has 1 N–H and O–H groups in total. The molecule has 0 aromatic rings. The lowest BCUT2D eigenvalue weighted by atomic mass is 9.78. The third kappa shape index (κ3) is 3.02. The molecule has 0 aromatic carbocycles. The molecule has 0 aromatic heterocycles. The predicted molar refractivity (Wildman–Crippen MR) is 56.1 cm³/mol. The molecule has 0 spiro atoms. The van der Waals surface area contributed by atoms with E-state index in [1.165, 1.54) is 0 Å². The molecule has 0 unspecified atom stereocenters. The zero-order valence-corrected chi connectivity index (χ0v) is 11.3. The maximum absolute atomic E-state index is 13.7. The highest BCUT2D eigenvalue weighted by Gasteiger charge is 2.83. The zero-order valence-electron chi connectivity index (χ0n) is 11.3. The summed E-state index contributed by atoms with van der Waals surface area (Å²) >= 11 is 0. The summed E-state index contributed by atoms with van der Waals surface area (Å²) in [5.74, 6) is -21.5. The van der Waals surface area contributed by atoms with Crippen molar-refractivity contribution < 1.29 is 49.4 Å². The summed E-state index contributed by atoms with van der Waals surface area (Å²) in [6.07, 6.45) is -6.92. The van der Waals surface area contributed by atoms with Gasteiger partial charge in [-0.05, 0) is 6.92 Å². The van der Waals surface area contributed by atoms with Crippen LogP contribution in [0.15, 0.2) is 11.6 Å². The van der Waals surface area contributed by atoms with Crippen molar-refractivity contribution in [3.63, 3.8) is 0 Å². The standard InChI is InChI=1S/C11H11F9O2/c1-5(6(21)22)4-7(2,3)8(12,13)9(14,15)10(16,17)11(18,19)20/h4H,1-3H3,(H,21,22). The van der Waals surface area contributed by atoms with Crippen molar-refractivity contribution in [1.82, 2.24) is 0 Å². The van der Waals surface area contributed by atoms with Crippen LogP contribution in [0, 0.1) is 5.41 Å². The molecule has 0 saturated carbocycles. The Morgan fingerprint density at radius 2 is 1.18 bits per heavy atom. The highest BCUT2D eigenvalue weighted by atomic mass is 19.4. The average molecular weight is 346 g/mol. The summed E-state index contributed by atoms with van der Waals surface area (Å²) in [6.45, 7) is 1.14. The highest BCUT2D eigenvalue weighted by Crippen LogP contribution is 2.58. The van der Waals surface area contributed by atoms with Gasteiger partial charge in [0.1, 0.15) is 0 Å². The second kappa shape index (κ2) is 5.34. The number of hydrogen-bond acceptors (Lipinski definition) is 1. The normalized spacial score (nSPS) is 15.9. The minimum atomic E-state index is -7.01. The Morgan fingerprint density at radius 3 is 1.45 bits per heavy atom. The largest absolute Gasteiger partial charge is 0.478 e. The Bertz CT molecular complexity index is 474. The van der Waals surface area contributed by atoms with Crippen LogP contribution in [0.1, 0.15) is 20.8 Å². The second-order valence-corrected chi connectivity index (χ2v) is 5.08. The second-order valence-electron chi connectivity index (χ2n) is 5.08. The van der Waals surface area contributed by atoms with E-state index in [0.29, 0.717) is 6.92 Å². The van der Waals surface area contributed by atoms with E-state index in [4.69, 9.17) is 5.11 Å². The first kappa shape index (κ1) is 20.6. The van der Waals surface area contributed by atoms with Crippen LogP contribution in [0.2, 0.25) is 0 Å². The number of aliphatic carboxylic acids is 1. The zero-order chi connectivity index (χ0) is 18.4. The minimum absolute atomic E-state index is 0.00427. The summed E-state index contributed by atoms with van der Waals surface area (Å²) in [5, 5.41) is 8.47. The Morgan fingerprint density at radius 1 is 0.818 bits per heavy atom. The first-order valence-electron chi connectivity index (χ1n) is 5.46. The first-order valence-corrected chi connectivity index (χ1v) is 5.46. The number of carboxylic acids is 1. The van der Waals surface area contributed by atoms with E-state index >= 15 is 0 Å². The fraction of sp³-hybridized carbons (Fsp3) is 0.727. The highest BCUT2D eigenvalue weighted by molar-refractivity contribution is 5.85. The number of carbonyl (C=O) groups is 1. The summed E-state index contributed by atoms with van der Waals surface area (Å²) < 4.78 is 115. The molecule has 0 aliphatic carbocycles. The van der Waals surface area contributed by atoms with Crippen LogP contribution in [0.4, 0.5) is 39.5 Å². The Balaban J connectivity index is 6.11. The molecular formula is C11H11F9O2. The maximum Gasteiger partial charge on any atom is 0.460 e. The number of halogens is 9. The van der Waals surface area contributed by atoms with Gasteiger partial charge in [-0.1, -0.05) is 19.9 Å². The third-order valence-electron chi connectivity index (χ3n) is 2.87. The SMILES string of the molecule is CC(=CC(C)(C)C(F)(F)C(F)(F)C(F)(F)C(F)(F)F)C(=O)O. The molecule has 0 heterocycles. The maximum atomic E-state index is 13.7. The van der Waals surface area contributed by atoms with Crippen LogP contribution in [0.5, 0.6) is 0 Å². The summed E-state index contributed by atoms with van der Waals surface area (Å²) in [4.78, 5) is 10.5. The molecule has 130 valence electrons. The Kier molecular flexibility index (Phi) is 4.99. The molecule has 0 amide bonds. The van der Waals surface area contributed by atoms with Gasteiger partial charge >= 0.3 is 29.9 Å². The van der Waals surface area contributed by atoms with Gasteiger partial charge < -0.3 is 5.11 Å². The monoisotopic (exact) mass is 346 g/mol. The lowest BCUT2D eigenvalue weighted by molar-refractivity contribution is -0.407. The fourth-order valence-corrected chi connectivity index (χ4v) is 1.47. The van der Waals surface area contributed by atoms with Crippen LogP contribution >= 0.6 is 0 Å². The van der Waals surface area contributed by atoms with Gasteiger partial charge in [-0.25, -0.2) is 4.79 Å². The number of carboxylic acid groups (broad SMARTS) is 1. The first-order chi connectivity index (χ1) is 9.33. The average Bonchev–Trinajstić information content (AvgIpc) is 2.25. The van der Waals surface area contributed by atoms with Crippen molar-refractivity contribution in [2.45, 2.75) is 44.7 Å². The van der Waals surface area contributed by atoms with Crippen molar-refractivity contribution in [2.24, 2.45) is 5.41 Å². The van der Waals surface area contributed by atoms with Crippen molar-refractivity contribution >= 4 is 5.97 Å². The Labute approximate surface area is 118 Å². The molecule has 0 atom stereocenters. The number of hydrogen-bond donors (Lipinski definition) is 1. The lowest BCUT2D eigenvalue weighted by Crippen LogP contribution is -2.64. The molecular weight excluding hydrogens is 335 g/mol. The van der Waals surface area contributed by atoms with Crippen LogP contribution < -0.4 is 0 Å². The molecule has 0 rings (SSSR count). The summed E-state index contributed by atoms with van der Waals surface area (Å²) in [7, 11) is 0. The van der Waals surface area contributed by atoms with E-state index in [2.05, 4.69) is 0 Å². The van der Waals surface area contributed by atoms with E-state index < -0.39 is 40.9 Å². The van der Waals surface area contributed by atoms with E-state index in [0.717, 1.165) is 0 Å². The van der Waals surface area contributed by atoms with E-state index in [1.807, 2.05) is 0 Å². The number of rotatable bonds is 5. The summed E-state index contributed by atoms with van der Waals surface area (Å²) in [6, 6.07) is 0. The van der Waals surface area contributed by atoms with Gasteiger partial charge in [-0.3, -0.25) is 0 Å². The topological polar surface area (TPSA) is 37.3 Å². The van der Waals surface area contributed by atoms with Gasteiger partial charge in [-0.15, -0.1) is 0 Å². The molecule has 2 nitrogen and oxygen atoms in total. The Hall–Kier alpha value is -1.42. The molecule has 0 saturated heterocycles. The lowest BCUT2D eigenvalue weighted by Gasteiger charge is -2.40. The van der Waals surface area contributed by atoms with E-state index in [1.54, 1.807) is 0 Å². The van der Waals surface area contributed by atoms with Gasteiger partial charge in [0, 0.05) is 5.57 Å². The quantitative estimate of drug-likeness (QED) is 0.587. The third-order valence-corrected chi connectivity index (χ3v) is 2.87. The van der Waals surface area contributed by atoms with Crippen molar-refractivity contribution in [1.29, 1.82) is 0 Å². The molecule has 0 aliphatic heterocycles. The molecule has 0 aliphatic rings. The number of allylic oxidation sites excluding steroid dienone is 1. The van der Waals surface area contributed by atoms with Crippen LogP contribution in [-0.4, -0.2) is 35.0 Å². The van der Waals surface area contributed by atoms with Crippen molar-refractivity contribution in [3.8, 4) is 0 Å². The molecule has 0 fully saturated rings. The van der Waals surface area contributed by atoms with Crippen molar-refractivity contribution in [3.05, 3.63) is 11.6 Å². The number of alkyl halides is 9. The van der Waals surface area contributed by atoms with Crippen LogP contribution in [0.3, 0.4) is 0 Å². The van der Waals surface area contributed by atoms with Gasteiger partial charge in [0.25, 0.3) is 0 Å². The smallest absolute Gasteiger partial charge is 0.460 e. The van der Waals surface area contributed by atoms with E-state index in [-0.39, 0.29) is 19.9 Å². The predicted octanol–water partition coefficient (Wildman–Crippen LogP) is 4.51. The van der Waals surface area contributed by atoms with Gasteiger partial charge in [0.05, 0.1) is 5.41 Å². The van der Waals surface area contributed by atoms with Gasteiger partial charge in [0.2, 0.25) is 0 Å². The van der Waals surface area contributed by atoms with Gasteiger partial charge in [0.15, 0.2) is 0 Å². The van der Waals surface area contributed by atoms with Crippen LogP contribution in [-0.2, 0) is 4.79 Å². The molecule has 0 bridgehead atoms. The fourth-order valence-electron chi connectivity index (χ4n) is 1.47. The molecule has 0 radical (unpaired) electrons. The summed E-state index contributed by atoms with van der Waals surface area (Å²) in [5.41, 5.74) is -4.22. The molecule has 11 heteroatoms. The van der Waals surface area contributed by atoms with Crippen LogP contribution in [0.25, 0.3) is 0 Å². The van der Waals surface area contributed by atoms with E-state index in [9.17, 15) is 44.3 Å².